The highest BCUT2D eigenvalue weighted by atomic mass is 32.1. The van der Waals surface area contributed by atoms with Gasteiger partial charge in [-0.15, -0.1) is 45.3 Å². The van der Waals surface area contributed by atoms with Crippen molar-refractivity contribution in [1.29, 1.82) is 10.5 Å². The van der Waals surface area contributed by atoms with Crippen LogP contribution in [0.5, 0.6) is 23.0 Å². The summed E-state index contributed by atoms with van der Waals surface area (Å²) in [6.45, 7) is 16.5. The van der Waals surface area contributed by atoms with E-state index in [1.165, 1.54) is 215 Å². The number of carboxylic acid groups (broad SMARTS) is 2. The monoisotopic (exact) mass is 2000 g/mol. The van der Waals surface area contributed by atoms with Gasteiger partial charge in [-0.1, -0.05) is 303 Å². The molecule has 12 aromatic carbocycles. The molecule has 0 amide bonds. The Hall–Kier alpha value is -13.9. The molecule has 145 heavy (non-hydrogen) atoms. The maximum absolute atomic E-state index is 11.6. The van der Waals surface area contributed by atoms with Gasteiger partial charge in [0, 0.05) is 67.9 Å². The number of unbranched alkanes of at least 4 members (excludes halogenated alkanes) is 18. The van der Waals surface area contributed by atoms with Gasteiger partial charge in [-0.05, 0) is 304 Å². The third kappa shape index (κ3) is 30.8. The highest BCUT2D eigenvalue weighted by molar-refractivity contribution is 7.21. The number of hydrogen-bond donors (Lipinski definition) is 2. The van der Waals surface area contributed by atoms with Crippen LogP contribution in [-0.4, -0.2) is 54.9 Å². The number of nitrogens with zero attached hydrogens (tertiary/aromatic N) is 4. The number of nitriles is 2. The molecule has 0 bridgehead atoms. The molecule has 17 heteroatoms. The number of aryl methyl sites for hydroxylation is 2. The average Bonchev–Trinajstić information content (AvgIpc) is 1.62. The van der Waals surface area contributed by atoms with Crippen molar-refractivity contribution in [3.63, 3.8) is 0 Å². The standard InChI is InChI=1S/C64H66N2O4S2.C61H65NO3S2.C3H3NO2/c1-4-7-10-13-16-52-43-61(72-63(52)53-18-17-51-41-60(71-62(51)44-53)42-54(45-65)64(67)68)50-23-33-57(34-24-50)66(55-29-19-46(20-30-55)48-25-35-58(36-26-48)69-39-14-11-8-5-2)56-31-21-47(22-32-56)49-27-37-59(38-28-49)70-40-15-12-9-6-3;1-4-7-10-13-16-51-42-59(67-61(51)52-18-17-50-41-58(44-63)66-60(50)43-52)49-23-33-55(34-24-49)62(53-29-19-45(20-30-53)47-25-35-56(36-26-47)64-39-14-11-8-5-2)54-31-21-46(22-32-54)48-27-37-57(38-28-48)65-40-15-12-9-6-3;4-2-1-3(5)6/h17-38,41-44H,4-16,39-40H2,1-3H3,(H,67,68);17-38,41-44H,4-16,39-40H2,1-3H3;1H2,(H,5,6)/b54-42-;;. The molecule has 2 N–H and O–H groups in total. The van der Waals surface area contributed by atoms with Crippen LogP contribution in [0.25, 0.3) is 113 Å². The van der Waals surface area contributed by atoms with E-state index in [-0.39, 0.29) is 5.57 Å². The Morgan fingerprint density at radius 3 is 0.821 bits per heavy atom. The zero-order chi connectivity index (χ0) is 101. The summed E-state index contributed by atoms with van der Waals surface area (Å²) in [6.07, 6.45) is 32.8. The first-order chi connectivity index (χ1) is 71.1. The van der Waals surface area contributed by atoms with Gasteiger partial charge in [0.05, 0.1) is 37.4 Å². The van der Waals surface area contributed by atoms with E-state index < -0.39 is 18.4 Å². The Bertz CT molecular complexity index is 6670. The second kappa shape index (κ2) is 56.4. The lowest BCUT2D eigenvalue weighted by Gasteiger charge is -2.26. The maximum Gasteiger partial charge on any atom is 0.346 e. The minimum Gasteiger partial charge on any atom is -0.494 e. The summed E-state index contributed by atoms with van der Waals surface area (Å²) in [7, 11) is 0. The zero-order valence-electron chi connectivity index (χ0n) is 84.6. The fourth-order valence-electron chi connectivity index (χ4n) is 17.9. The van der Waals surface area contributed by atoms with Gasteiger partial charge in [0.2, 0.25) is 0 Å². The number of hydrogen-bond acceptors (Lipinski definition) is 15. The first-order valence-corrected chi connectivity index (χ1v) is 55.3. The molecule has 0 fully saturated rings. The summed E-state index contributed by atoms with van der Waals surface area (Å²) in [5, 5.41) is 36.3. The summed E-state index contributed by atoms with van der Waals surface area (Å²) in [5.74, 6) is 1.38. The Morgan fingerprint density at radius 1 is 0.303 bits per heavy atom. The quantitative estimate of drug-likeness (QED) is 0.0159. The Labute approximate surface area is 873 Å². The van der Waals surface area contributed by atoms with Crippen LogP contribution in [0, 0.1) is 22.7 Å². The van der Waals surface area contributed by atoms with E-state index in [1.807, 2.05) is 34.8 Å². The average molecular weight is 2000 g/mol. The van der Waals surface area contributed by atoms with Crippen molar-refractivity contribution in [3.8, 4) is 121 Å². The molecule has 0 atom stereocenters. The minimum absolute atomic E-state index is 0.267. The molecule has 0 spiro atoms. The molecule has 0 aliphatic rings. The van der Waals surface area contributed by atoms with E-state index in [2.05, 4.69) is 343 Å². The zero-order valence-corrected chi connectivity index (χ0v) is 87.9. The second-order valence-corrected chi connectivity index (χ2v) is 41.2. The summed E-state index contributed by atoms with van der Waals surface area (Å²) in [6, 6.07) is 113. The normalized spacial score (nSPS) is 11.2. The lowest BCUT2D eigenvalue weighted by atomic mass is 10.0. The fourth-order valence-corrected chi connectivity index (χ4v) is 22.2. The highest BCUT2D eigenvalue weighted by Crippen LogP contribution is 2.47. The number of fused-ring (bicyclic) bond motifs is 2. The molecular formula is C128H134N4O9S4. The molecule has 744 valence electrons. The third-order valence-corrected chi connectivity index (χ3v) is 30.6. The summed E-state index contributed by atoms with van der Waals surface area (Å²) < 4.78 is 26.4. The van der Waals surface area contributed by atoms with Gasteiger partial charge in [-0.2, -0.15) is 10.5 Å². The van der Waals surface area contributed by atoms with Gasteiger partial charge < -0.3 is 39.0 Å². The second-order valence-electron chi connectivity index (χ2n) is 36.9. The number of aldehydes is 1. The van der Waals surface area contributed by atoms with Crippen molar-refractivity contribution in [2.75, 3.05) is 36.2 Å². The van der Waals surface area contributed by atoms with Crippen molar-refractivity contribution in [2.24, 2.45) is 0 Å². The number of rotatable bonds is 52. The van der Waals surface area contributed by atoms with E-state index in [0.29, 0.717) is 0 Å². The molecule has 0 aliphatic heterocycles. The Morgan fingerprint density at radius 2 is 0.566 bits per heavy atom. The molecule has 0 unspecified atom stereocenters. The van der Waals surface area contributed by atoms with Gasteiger partial charge in [-0.25, -0.2) is 4.79 Å². The van der Waals surface area contributed by atoms with Gasteiger partial charge in [0.25, 0.3) is 0 Å². The van der Waals surface area contributed by atoms with E-state index in [9.17, 15) is 24.8 Å². The molecule has 4 aromatic heterocycles. The van der Waals surface area contributed by atoms with Crippen LogP contribution in [0.2, 0.25) is 0 Å². The number of benzene rings is 12. The first kappa shape index (κ1) is 107. The number of aliphatic carboxylic acids is 2. The Balaban J connectivity index is 0.000000218. The summed E-state index contributed by atoms with van der Waals surface area (Å²) in [4.78, 5) is 43.8. The van der Waals surface area contributed by atoms with Crippen LogP contribution >= 0.6 is 45.3 Å². The number of carbonyl (C=O) groups is 3. The highest BCUT2D eigenvalue weighted by Gasteiger charge is 2.23. The molecule has 0 saturated carbocycles. The van der Waals surface area contributed by atoms with E-state index >= 15 is 0 Å². The predicted octanol–water partition coefficient (Wildman–Crippen LogP) is 38.1. The van der Waals surface area contributed by atoms with Gasteiger partial charge in [-0.3, -0.25) is 9.59 Å². The number of carbonyl (C=O) groups excluding carboxylic acids is 1. The molecular weight excluding hydrogens is 1870 g/mol. The van der Waals surface area contributed by atoms with Gasteiger partial charge in [0.15, 0.2) is 6.29 Å². The molecule has 16 rings (SSSR count). The molecule has 4 heterocycles. The van der Waals surface area contributed by atoms with Gasteiger partial charge >= 0.3 is 11.9 Å². The van der Waals surface area contributed by atoms with Crippen LogP contribution in [-0.2, 0) is 22.4 Å². The van der Waals surface area contributed by atoms with Crippen molar-refractivity contribution < 1.29 is 43.5 Å². The fraction of sp³-hybridized carbons (Fsp3) is 0.289. The van der Waals surface area contributed by atoms with E-state index in [0.717, 1.165) is 193 Å². The number of thiophene rings is 4. The molecule has 16 aromatic rings. The topological polar surface area (TPSA) is 183 Å². The predicted molar refractivity (Wildman–Crippen MR) is 611 cm³/mol. The number of anilines is 6. The molecule has 13 nitrogen and oxygen atoms in total. The van der Waals surface area contributed by atoms with E-state index in [1.54, 1.807) is 17.4 Å². The van der Waals surface area contributed by atoms with E-state index in [4.69, 9.17) is 29.3 Å². The SMILES string of the molecule is CCCCCCOc1ccc(-c2ccc(N(c3ccc(-c4ccc(OCCCCCC)cc4)cc3)c3ccc(-c4cc(CCCCCC)c(-c5ccc6cc(/C=C(/C#N)C(=O)O)sc6c5)s4)cc3)cc2)cc1.CCCCCCOc1ccc(-c2ccc(N(c3ccc(-c4ccc(OCCCCCC)cc4)cc3)c3ccc(-c4cc(CCCCCC)c(-c5ccc6cc(C=O)sc6c5)s4)cc3)cc2)cc1.N#CCC(=O)O. The smallest absolute Gasteiger partial charge is 0.346 e. The van der Waals surface area contributed by atoms with Crippen LogP contribution in [0.4, 0.5) is 34.1 Å². The number of ether oxygens (including phenoxy) is 4. The lowest BCUT2D eigenvalue weighted by Crippen LogP contribution is -2.09. The molecule has 0 saturated heterocycles. The third-order valence-electron chi connectivity index (χ3n) is 25.9. The minimum atomic E-state index is -1.22. The molecule has 0 aliphatic carbocycles. The van der Waals surface area contributed by atoms with Gasteiger partial charge in [0.1, 0.15) is 41.1 Å². The van der Waals surface area contributed by atoms with Crippen LogP contribution < -0.4 is 28.7 Å². The Kier molecular flexibility index (Phi) is 41.5. The first-order valence-electron chi connectivity index (χ1n) is 52.0. The maximum atomic E-state index is 11.6. The number of carboxylic acids is 2. The van der Waals surface area contributed by atoms with Crippen LogP contribution in [0.15, 0.2) is 309 Å². The van der Waals surface area contributed by atoms with Crippen molar-refractivity contribution >= 4 is 124 Å². The van der Waals surface area contributed by atoms with Crippen molar-refractivity contribution in [1.82, 2.24) is 0 Å². The largest absolute Gasteiger partial charge is 0.494 e. The van der Waals surface area contributed by atoms with Crippen LogP contribution in [0.1, 0.15) is 228 Å². The molecule has 0 radical (unpaired) electrons. The van der Waals surface area contributed by atoms with Crippen molar-refractivity contribution in [3.05, 3.63) is 330 Å². The van der Waals surface area contributed by atoms with Crippen LogP contribution in [0.3, 0.4) is 0 Å². The summed E-state index contributed by atoms with van der Waals surface area (Å²) >= 11 is 6.78. The lowest BCUT2D eigenvalue weighted by molar-refractivity contribution is -0.136. The van der Waals surface area contributed by atoms with Crippen molar-refractivity contribution in [2.45, 2.75) is 215 Å². The summed E-state index contributed by atoms with van der Waals surface area (Å²) in [5.41, 5.74) is 23.0.